The van der Waals surface area contributed by atoms with Crippen molar-refractivity contribution in [3.8, 4) is 0 Å². The molecule has 1 nitrogen and oxygen atoms in total. The summed E-state index contributed by atoms with van der Waals surface area (Å²) in [5.74, 6) is 2.84. The largest absolute Gasteiger partial charge is 0.313 e. The van der Waals surface area contributed by atoms with Gasteiger partial charge in [0.15, 0.2) is 0 Å². The molecule has 0 aromatic carbocycles. The summed E-state index contributed by atoms with van der Waals surface area (Å²) in [6, 6.07) is 0.825. The van der Waals surface area contributed by atoms with Crippen molar-refractivity contribution in [1.82, 2.24) is 5.32 Å². The van der Waals surface area contributed by atoms with Crippen molar-refractivity contribution in [1.29, 1.82) is 0 Å². The van der Waals surface area contributed by atoms with E-state index >= 15 is 0 Å². The van der Waals surface area contributed by atoms with Gasteiger partial charge in [-0.25, -0.2) is 0 Å². The Labute approximate surface area is 88.7 Å². The summed E-state index contributed by atoms with van der Waals surface area (Å²) in [6.45, 7) is 6.12. The molecule has 0 radical (unpaired) electrons. The first-order valence-electron chi connectivity index (χ1n) is 6.50. The highest BCUT2D eigenvalue weighted by atomic mass is 14.9. The van der Waals surface area contributed by atoms with Crippen molar-refractivity contribution in [3.05, 3.63) is 0 Å². The third kappa shape index (κ3) is 2.31. The number of rotatable bonds is 3. The molecule has 14 heavy (non-hydrogen) atoms. The smallest absolute Gasteiger partial charge is 0.00954 e. The van der Waals surface area contributed by atoms with E-state index in [1.54, 1.807) is 0 Å². The van der Waals surface area contributed by atoms with Crippen LogP contribution in [0.2, 0.25) is 0 Å². The average Bonchev–Trinajstić information content (AvgIpc) is 2.77. The topological polar surface area (TPSA) is 12.0 Å². The zero-order valence-electron chi connectivity index (χ0n) is 9.76. The van der Waals surface area contributed by atoms with Crippen molar-refractivity contribution >= 4 is 0 Å². The van der Waals surface area contributed by atoms with Crippen molar-refractivity contribution in [3.63, 3.8) is 0 Å². The predicted octanol–water partition coefficient (Wildman–Crippen LogP) is 3.20. The Balaban J connectivity index is 1.70. The summed E-state index contributed by atoms with van der Waals surface area (Å²) in [5, 5.41) is 3.80. The van der Waals surface area contributed by atoms with E-state index in [4.69, 9.17) is 0 Å². The lowest BCUT2D eigenvalue weighted by Crippen LogP contribution is -2.35. The molecule has 0 bridgehead atoms. The van der Waals surface area contributed by atoms with Gasteiger partial charge in [-0.2, -0.15) is 0 Å². The first-order valence-corrected chi connectivity index (χ1v) is 6.50. The van der Waals surface area contributed by atoms with Crippen LogP contribution in [-0.4, -0.2) is 12.6 Å². The minimum absolute atomic E-state index is 0.825. The van der Waals surface area contributed by atoms with Gasteiger partial charge in [-0.3, -0.25) is 0 Å². The van der Waals surface area contributed by atoms with E-state index in [0.29, 0.717) is 0 Å². The lowest BCUT2D eigenvalue weighted by Gasteiger charge is -2.21. The lowest BCUT2D eigenvalue weighted by atomic mass is 9.97. The molecule has 3 atom stereocenters. The predicted molar refractivity (Wildman–Crippen MR) is 61.3 cm³/mol. The van der Waals surface area contributed by atoms with E-state index < -0.39 is 0 Å². The van der Waals surface area contributed by atoms with Crippen molar-refractivity contribution < 1.29 is 0 Å². The van der Waals surface area contributed by atoms with Crippen molar-refractivity contribution in [2.24, 2.45) is 17.8 Å². The molecule has 0 heterocycles. The SMILES string of the molecule is CC1CCC(NCC2CCCC2)C1C. The molecule has 1 heteroatoms. The van der Waals surface area contributed by atoms with Gasteiger partial charge in [-0.1, -0.05) is 26.7 Å². The van der Waals surface area contributed by atoms with Gasteiger partial charge in [-0.05, 0) is 50.0 Å². The molecule has 82 valence electrons. The van der Waals surface area contributed by atoms with E-state index in [9.17, 15) is 0 Å². The quantitative estimate of drug-likeness (QED) is 0.729. The van der Waals surface area contributed by atoms with Crippen LogP contribution in [0, 0.1) is 17.8 Å². The minimum atomic E-state index is 0.825. The molecule has 0 aromatic heterocycles. The van der Waals surface area contributed by atoms with E-state index in [1.165, 1.54) is 45.1 Å². The summed E-state index contributed by atoms with van der Waals surface area (Å²) >= 11 is 0. The van der Waals surface area contributed by atoms with Crippen LogP contribution in [-0.2, 0) is 0 Å². The average molecular weight is 195 g/mol. The highest BCUT2D eigenvalue weighted by Crippen LogP contribution is 2.32. The third-order valence-corrected chi connectivity index (χ3v) is 4.61. The van der Waals surface area contributed by atoms with E-state index in [-0.39, 0.29) is 0 Å². The van der Waals surface area contributed by atoms with Gasteiger partial charge >= 0.3 is 0 Å². The second-order valence-corrected chi connectivity index (χ2v) is 5.58. The minimum Gasteiger partial charge on any atom is -0.313 e. The number of hydrogen-bond donors (Lipinski definition) is 1. The molecular weight excluding hydrogens is 170 g/mol. The molecule has 2 aliphatic rings. The van der Waals surface area contributed by atoms with Gasteiger partial charge in [0, 0.05) is 6.04 Å². The summed E-state index contributed by atoms with van der Waals surface area (Å²) in [5.41, 5.74) is 0. The fourth-order valence-electron chi connectivity index (χ4n) is 3.19. The maximum atomic E-state index is 3.80. The highest BCUT2D eigenvalue weighted by Gasteiger charge is 2.29. The molecule has 0 aliphatic heterocycles. The molecule has 0 aromatic rings. The van der Waals surface area contributed by atoms with Crippen LogP contribution in [0.25, 0.3) is 0 Å². The van der Waals surface area contributed by atoms with Crippen molar-refractivity contribution in [2.75, 3.05) is 6.54 Å². The third-order valence-electron chi connectivity index (χ3n) is 4.61. The Bertz CT molecular complexity index is 172. The van der Waals surface area contributed by atoms with Crippen LogP contribution in [0.5, 0.6) is 0 Å². The molecule has 2 fully saturated rings. The molecule has 1 N–H and O–H groups in total. The van der Waals surface area contributed by atoms with E-state index in [2.05, 4.69) is 19.2 Å². The molecule has 2 aliphatic carbocycles. The van der Waals surface area contributed by atoms with E-state index in [1.807, 2.05) is 0 Å². The van der Waals surface area contributed by atoms with Crippen LogP contribution in [0.3, 0.4) is 0 Å². The zero-order chi connectivity index (χ0) is 9.97. The van der Waals surface area contributed by atoms with Crippen LogP contribution in [0.1, 0.15) is 52.4 Å². The molecule has 0 amide bonds. The van der Waals surface area contributed by atoms with Gasteiger partial charge in [-0.15, -0.1) is 0 Å². The lowest BCUT2D eigenvalue weighted by molar-refractivity contribution is 0.347. The summed E-state index contributed by atoms with van der Waals surface area (Å²) in [6.07, 6.45) is 8.75. The first kappa shape index (κ1) is 10.5. The normalized spacial score (nSPS) is 39.4. The highest BCUT2D eigenvalue weighted by molar-refractivity contribution is 4.85. The summed E-state index contributed by atoms with van der Waals surface area (Å²) < 4.78 is 0. The molecule has 2 rings (SSSR count). The fourth-order valence-corrected chi connectivity index (χ4v) is 3.19. The maximum absolute atomic E-state index is 3.80. The maximum Gasteiger partial charge on any atom is 0.00954 e. The van der Waals surface area contributed by atoms with Crippen LogP contribution in [0.15, 0.2) is 0 Å². The second-order valence-electron chi connectivity index (χ2n) is 5.58. The van der Waals surface area contributed by atoms with Crippen LogP contribution >= 0.6 is 0 Å². The standard InChI is InChI=1S/C13H25N/c1-10-7-8-13(11(10)2)14-9-12-5-3-4-6-12/h10-14H,3-9H2,1-2H3. The van der Waals surface area contributed by atoms with Gasteiger partial charge in [0.2, 0.25) is 0 Å². The van der Waals surface area contributed by atoms with Crippen molar-refractivity contribution in [2.45, 2.75) is 58.4 Å². The summed E-state index contributed by atoms with van der Waals surface area (Å²) in [4.78, 5) is 0. The van der Waals surface area contributed by atoms with Gasteiger partial charge in [0.25, 0.3) is 0 Å². The zero-order valence-corrected chi connectivity index (χ0v) is 9.76. The van der Waals surface area contributed by atoms with Crippen LogP contribution in [0.4, 0.5) is 0 Å². The van der Waals surface area contributed by atoms with Gasteiger partial charge in [0.05, 0.1) is 0 Å². The number of hydrogen-bond acceptors (Lipinski definition) is 1. The summed E-state index contributed by atoms with van der Waals surface area (Å²) in [7, 11) is 0. The molecule has 3 unspecified atom stereocenters. The Morgan fingerprint density at radius 2 is 1.71 bits per heavy atom. The first-order chi connectivity index (χ1) is 6.77. The Morgan fingerprint density at radius 1 is 1.00 bits per heavy atom. The van der Waals surface area contributed by atoms with Crippen LogP contribution < -0.4 is 5.32 Å². The fraction of sp³-hybridized carbons (Fsp3) is 1.00. The molecule has 0 saturated heterocycles. The Hall–Kier alpha value is -0.0400. The number of nitrogens with one attached hydrogen (secondary N) is 1. The van der Waals surface area contributed by atoms with Gasteiger partial charge in [0.1, 0.15) is 0 Å². The Morgan fingerprint density at radius 3 is 2.29 bits per heavy atom. The van der Waals surface area contributed by atoms with Gasteiger partial charge < -0.3 is 5.32 Å². The van der Waals surface area contributed by atoms with E-state index in [0.717, 1.165) is 23.8 Å². The molecule has 0 spiro atoms. The molecular formula is C13H25N. The Kier molecular flexibility index (Phi) is 3.48. The second kappa shape index (κ2) is 4.65. The monoisotopic (exact) mass is 195 g/mol. The molecule has 2 saturated carbocycles.